The second kappa shape index (κ2) is 12.0. The average molecular weight is 380 g/mol. The van der Waals surface area contributed by atoms with Crippen LogP contribution in [-0.2, 0) is 19.2 Å². The van der Waals surface area contributed by atoms with Crippen molar-refractivity contribution in [2.24, 2.45) is 5.73 Å². The Balaban J connectivity index is 4.82. The first-order valence-electron chi connectivity index (χ1n) is 7.18. The molecule has 0 aliphatic heterocycles. The zero-order valence-electron chi connectivity index (χ0n) is 13.6. The average Bonchev–Trinajstić information content (AvgIpc) is 2.53. The third-order valence-electron chi connectivity index (χ3n) is 2.89. The summed E-state index contributed by atoms with van der Waals surface area (Å²) in [6, 6.07) is -2.62. The van der Waals surface area contributed by atoms with Gasteiger partial charge in [0.15, 0.2) is 0 Å². The highest BCUT2D eigenvalue weighted by Crippen LogP contribution is 2.03. The smallest absolute Gasteiger partial charge is 0.322 e. The number of rotatable bonds is 11. The summed E-state index contributed by atoms with van der Waals surface area (Å²) in [5, 5.41) is 15.7. The highest BCUT2D eigenvalue weighted by atomic mass is 32.2. The second-order valence-corrected chi connectivity index (χ2v) is 6.34. The quantitative estimate of drug-likeness (QED) is 0.231. The van der Waals surface area contributed by atoms with Crippen LogP contribution in [0.25, 0.3) is 0 Å². The number of aliphatic carboxylic acids is 1. The molecular weight excluding hydrogens is 356 g/mol. The normalized spacial score (nSPS) is 14.2. The first-order chi connectivity index (χ1) is 11.2. The van der Waals surface area contributed by atoms with Gasteiger partial charge in [0, 0.05) is 5.75 Å². The summed E-state index contributed by atoms with van der Waals surface area (Å²) >= 11 is 5.48. The van der Waals surface area contributed by atoms with Gasteiger partial charge >= 0.3 is 5.97 Å². The van der Waals surface area contributed by atoms with Gasteiger partial charge in [-0.1, -0.05) is 0 Å². The number of hydrogen-bond donors (Lipinski definition) is 6. The molecule has 138 valence electrons. The summed E-state index contributed by atoms with van der Waals surface area (Å²) in [4.78, 5) is 46.3. The molecule has 0 aliphatic rings. The van der Waals surface area contributed by atoms with Crippen molar-refractivity contribution in [2.75, 3.05) is 24.3 Å². The van der Waals surface area contributed by atoms with Crippen LogP contribution in [0.3, 0.4) is 0 Å². The molecule has 3 atom stereocenters. The topological polar surface area (TPSA) is 151 Å². The van der Waals surface area contributed by atoms with E-state index in [2.05, 4.69) is 28.6 Å². The molecule has 9 nitrogen and oxygen atoms in total. The Bertz CT molecular complexity index is 462. The van der Waals surface area contributed by atoms with Gasteiger partial charge in [0.25, 0.3) is 0 Å². The standard InChI is InChI=1S/C13H24N4O5S2/c1-7(14)11(20)16-8(3-4-24-2)13(22)17-9(6-23)12(21)15-5-10(18)19/h7-9,23H,3-6,14H2,1-2H3,(H,15,21)(H,16,20)(H,17,22)(H,18,19). The van der Waals surface area contributed by atoms with E-state index >= 15 is 0 Å². The number of thiol groups is 1. The number of thioether (sulfide) groups is 1. The minimum Gasteiger partial charge on any atom is -0.480 e. The monoisotopic (exact) mass is 380 g/mol. The van der Waals surface area contributed by atoms with Crippen molar-refractivity contribution in [1.82, 2.24) is 16.0 Å². The molecule has 6 N–H and O–H groups in total. The van der Waals surface area contributed by atoms with Gasteiger partial charge in [-0.25, -0.2) is 0 Å². The molecule has 24 heavy (non-hydrogen) atoms. The van der Waals surface area contributed by atoms with Crippen molar-refractivity contribution in [3.05, 3.63) is 0 Å². The van der Waals surface area contributed by atoms with E-state index in [-0.39, 0.29) is 5.75 Å². The minimum atomic E-state index is -1.20. The van der Waals surface area contributed by atoms with Gasteiger partial charge < -0.3 is 26.8 Å². The summed E-state index contributed by atoms with van der Waals surface area (Å²) < 4.78 is 0. The Labute approximate surface area is 150 Å². The Kier molecular flexibility index (Phi) is 11.3. The van der Waals surface area contributed by atoms with Crippen LogP contribution >= 0.6 is 24.4 Å². The largest absolute Gasteiger partial charge is 0.480 e. The van der Waals surface area contributed by atoms with Gasteiger partial charge in [-0.15, -0.1) is 0 Å². The molecule has 0 rings (SSSR count). The fraction of sp³-hybridized carbons (Fsp3) is 0.692. The second-order valence-electron chi connectivity index (χ2n) is 4.99. The number of nitrogens with one attached hydrogen (secondary N) is 3. The summed E-state index contributed by atoms with van der Waals surface area (Å²) in [5.41, 5.74) is 5.48. The number of hydrogen-bond acceptors (Lipinski definition) is 7. The van der Waals surface area contributed by atoms with Gasteiger partial charge in [0.1, 0.15) is 18.6 Å². The molecule has 0 spiro atoms. The summed E-state index contributed by atoms with van der Waals surface area (Å²) in [7, 11) is 0. The molecule has 3 unspecified atom stereocenters. The van der Waals surface area contributed by atoms with E-state index in [0.717, 1.165) is 0 Å². The fourth-order valence-electron chi connectivity index (χ4n) is 1.56. The van der Waals surface area contributed by atoms with Crippen molar-refractivity contribution < 1.29 is 24.3 Å². The molecular formula is C13H24N4O5S2. The van der Waals surface area contributed by atoms with Crippen LogP contribution in [0, 0.1) is 0 Å². The maximum absolute atomic E-state index is 12.3. The molecule has 0 bridgehead atoms. The number of carboxylic acid groups (broad SMARTS) is 1. The van der Waals surface area contributed by atoms with Crippen LogP contribution in [-0.4, -0.2) is 71.2 Å². The number of carboxylic acids is 1. The summed E-state index contributed by atoms with van der Waals surface area (Å²) in [5.74, 6) is -2.30. The van der Waals surface area contributed by atoms with E-state index in [4.69, 9.17) is 10.8 Å². The third-order valence-corrected chi connectivity index (χ3v) is 3.90. The Morgan fingerprint density at radius 1 is 1.12 bits per heavy atom. The summed E-state index contributed by atoms with van der Waals surface area (Å²) in [6.07, 6.45) is 2.22. The van der Waals surface area contributed by atoms with Crippen LogP contribution < -0.4 is 21.7 Å². The molecule has 0 fully saturated rings. The van der Waals surface area contributed by atoms with Gasteiger partial charge in [0.2, 0.25) is 17.7 Å². The lowest BCUT2D eigenvalue weighted by Crippen LogP contribution is -2.56. The highest BCUT2D eigenvalue weighted by Gasteiger charge is 2.26. The number of carbonyl (C=O) groups excluding carboxylic acids is 3. The van der Waals surface area contributed by atoms with Gasteiger partial charge in [-0.3, -0.25) is 19.2 Å². The van der Waals surface area contributed by atoms with Crippen LogP contribution in [0.5, 0.6) is 0 Å². The molecule has 0 saturated heterocycles. The van der Waals surface area contributed by atoms with E-state index in [9.17, 15) is 19.2 Å². The van der Waals surface area contributed by atoms with Crippen molar-refractivity contribution in [1.29, 1.82) is 0 Å². The first-order valence-corrected chi connectivity index (χ1v) is 9.21. The molecule has 0 aliphatic carbocycles. The maximum Gasteiger partial charge on any atom is 0.322 e. The van der Waals surface area contributed by atoms with E-state index in [1.54, 1.807) is 0 Å². The Morgan fingerprint density at radius 3 is 2.17 bits per heavy atom. The van der Waals surface area contributed by atoms with Crippen LogP contribution in [0.15, 0.2) is 0 Å². The molecule has 3 amide bonds. The molecule has 0 aromatic rings. The minimum absolute atomic E-state index is 0.0202. The van der Waals surface area contributed by atoms with Crippen LogP contribution in [0.1, 0.15) is 13.3 Å². The van der Waals surface area contributed by atoms with E-state index in [1.165, 1.54) is 18.7 Å². The Hall–Kier alpha value is -1.46. The van der Waals surface area contributed by atoms with E-state index in [0.29, 0.717) is 12.2 Å². The van der Waals surface area contributed by atoms with Crippen molar-refractivity contribution in [3.63, 3.8) is 0 Å². The third kappa shape index (κ3) is 8.99. The van der Waals surface area contributed by atoms with Crippen molar-refractivity contribution in [2.45, 2.75) is 31.5 Å². The molecule has 0 radical (unpaired) electrons. The lowest BCUT2D eigenvalue weighted by molar-refractivity contribution is -0.138. The Morgan fingerprint density at radius 2 is 1.71 bits per heavy atom. The number of nitrogens with two attached hydrogens (primary N) is 1. The van der Waals surface area contributed by atoms with Crippen LogP contribution in [0.2, 0.25) is 0 Å². The fourth-order valence-corrected chi connectivity index (χ4v) is 2.29. The van der Waals surface area contributed by atoms with E-state index in [1.807, 2.05) is 6.26 Å². The zero-order chi connectivity index (χ0) is 18.7. The molecule has 0 saturated carbocycles. The van der Waals surface area contributed by atoms with Gasteiger partial charge in [0.05, 0.1) is 6.04 Å². The lowest BCUT2D eigenvalue weighted by Gasteiger charge is -2.22. The zero-order valence-corrected chi connectivity index (χ0v) is 15.3. The van der Waals surface area contributed by atoms with Gasteiger partial charge in [-0.2, -0.15) is 24.4 Å². The van der Waals surface area contributed by atoms with Crippen LogP contribution in [0.4, 0.5) is 0 Å². The molecule has 0 aromatic carbocycles. The number of carbonyl (C=O) groups is 4. The number of amides is 3. The highest BCUT2D eigenvalue weighted by molar-refractivity contribution is 7.98. The van der Waals surface area contributed by atoms with Crippen molar-refractivity contribution >= 4 is 48.1 Å². The first kappa shape index (κ1) is 22.5. The molecule has 0 aromatic heterocycles. The van der Waals surface area contributed by atoms with E-state index < -0.39 is 48.4 Å². The molecule has 11 heteroatoms. The predicted molar refractivity (Wildman–Crippen MR) is 95.0 cm³/mol. The lowest BCUT2D eigenvalue weighted by atomic mass is 10.1. The molecule has 0 heterocycles. The summed E-state index contributed by atoms with van der Waals surface area (Å²) in [6.45, 7) is 0.936. The van der Waals surface area contributed by atoms with Gasteiger partial charge in [-0.05, 0) is 25.4 Å². The predicted octanol–water partition coefficient (Wildman–Crippen LogP) is -1.81. The van der Waals surface area contributed by atoms with Crippen molar-refractivity contribution in [3.8, 4) is 0 Å². The SMILES string of the molecule is CSCCC(NC(=O)C(C)N)C(=O)NC(CS)C(=O)NCC(=O)O. The maximum atomic E-state index is 12.3.